The quantitative estimate of drug-likeness (QED) is 0.779. The van der Waals surface area contributed by atoms with Gasteiger partial charge in [0.15, 0.2) is 0 Å². The van der Waals surface area contributed by atoms with E-state index in [2.05, 4.69) is 27.0 Å². The van der Waals surface area contributed by atoms with Crippen molar-refractivity contribution in [1.29, 1.82) is 0 Å². The molecule has 1 aromatic rings. The molecule has 1 aliphatic heterocycles. The van der Waals surface area contributed by atoms with Crippen molar-refractivity contribution in [2.45, 2.75) is 39.3 Å². The summed E-state index contributed by atoms with van der Waals surface area (Å²) < 4.78 is 5.36. The highest BCUT2D eigenvalue weighted by Gasteiger charge is 2.21. The summed E-state index contributed by atoms with van der Waals surface area (Å²) in [5.41, 5.74) is 0. The second kappa shape index (κ2) is 8.76. The standard InChI is InChI=1S/C15H28N4O2S/c1-4-21-15-17-16-14(22-15)11-18(3)10-13-5-7-19(8-6-13)9-12(2)20/h12-13,20H,4-11H2,1-3H3/t12-/m0/s1. The van der Waals surface area contributed by atoms with E-state index in [1.165, 1.54) is 24.2 Å². The Balaban J connectivity index is 1.70. The number of rotatable bonds is 8. The molecule has 22 heavy (non-hydrogen) atoms. The molecule has 0 spiro atoms. The third-order valence-electron chi connectivity index (χ3n) is 3.92. The molecule has 0 saturated carbocycles. The Morgan fingerprint density at radius 2 is 2.14 bits per heavy atom. The van der Waals surface area contributed by atoms with Crippen LogP contribution in [-0.2, 0) is 6.54 Å². The molecule has 1 aromatic heterocycles. The fraction of sp³-hybridized carbons (Fsp3) is 0.867. The number of piperidine rings is 1. The third-order valence-corrected chi connectivity index (χ3v) is 4.74. The lowest BCUT2D eigenvalue weighted by Crippen LogP contribution is -2.40. The van der Waals surface area contributed by atoms with Gasteiger partial charge in [-0.15, -0.1) is 10.2 Å². The Bertz CT molecular complexity index is 433. The zero-order chi connectivity index (χ0) is 15.9. The van der Waals surface area contributed by atoms with Gasteiger partial charge in [-0.2, -0.15) is 0 Å². The second-order valence-electron chi connectivity index (χ2n) is 6.18. The molecular formula is C15H28N4O2S. The molecule has 2 heterocycles. The summed E-state index contributed by atoms with van der Waals surface area (Å²) >= 11 is 1.53. The van der Waals surface area contributed by atoms with Gasteiger partial charge in [-0.05, 0) is 52.7 Å². The van der Waals surface area contributed by atoms with Crippen molar-refractivity contribution in [3.05, 3.63) is 5.01 Å². The van der Waals surface area contributed by atoms with Crippen molar-refractivity contribution in [2.24, 2.45) is 5.92 Å². The minimum atomic E-state index is -0.226. The van der Waals surface area contributed by atoms with Crippen LogP contribution in [0.4, 0.5) is 0 Å². The lowest BCUT2D eigenvalue weighted by atomic mass is 9.96. The van der Waals surface area contributed by atoms with E-state index in [1.807, 2.05) is 13.8 Å². The maximum absolute atomic E-state index is 9.45. The van der Waals surface area contributed by atoms with Gasteiger partial charge in [-0.3, -0.25) is 4.90 Å². The monoisotopic (exact) mass is 328 g/mol. The van der Waals surface area contributed by atoms with Gasteiger partial charge in [0.1, 0.15) is 5.01 Å². The maximum atomic E-state index is 9.45. The SMILES string of the molecule is CCOc1nnc(CN(C)CC2CCN(C[C@H](C)O)CC2)s1. The Hall–Kier alpha value is -0.760. The molecule has 0 bridgehead atoms. The van der Waals surface area contributed by atoms with E-state index < -0.39 is 0 Å². The first-order valence-electron chi connectivity index (χ1n) is 8.11. The largest absolute Gasteiger partial charge is 0.469 e. The molecule has 0 aliphatic carbocycles. The highest BCUT2D eigenvalue weighted by molar-refractivity contribution is 7.13. The predicted octanol–water partition coefficient (Wildman–Crippen LogP) is 1.46. The lowest BCUT2D eigenvalue weighted by molar-refractivity contribution is 0.0919. The van der Waals surface area contributed by atoms with E-state index in [9.17, 15) is 5.11 Å². The second-order valence-corrected chi connectivity index (χ2v) is 7.21. The van der Waals surface area contributed by atoms with Gasteiger partial charge in [0.05, 0.1) is 19.3 Å². The molecule has 1 atom stereocenters. The van der Waals surface area contributed by atoms with Gasteiger partial charge in [-0.1, -0.05) is 11.3 Å². The molecule has 1 fully saturated rings. The summed E-state index contributed by atoms with van der Waals surface area (Å²) in [4.78, 5) is 4.69. The minimum absolute atomic E-state index is 0.226. The van der Waals surface area contributed by atoms with E-state index in [-0.39, 0.29) is 6.10 Å². The van der Waals surface area contributed by atoms with Gasteiger partial charge in [-0.25, -0.2) is 0 Å². The van der Waals surface area contributed by atoms with Crippen molar-refractivity contribution in [1.82, 2.24) is 20.0 Å². The van der Waals surface area contributed by atoms with E-state index in [4.69, 9.17) is 4.74 Å². The predicted molar refractivity (Wildman–Crippen MR) is 88.3 cm³/mol. The van der Waals surface area contributed by atoms with Crippen LogP contribution in [0.1, 0.15) is 31.7 Å². The summed E-state index contributed by atoms with van der Waals surface area (Å²) in [5.74, 6) is 0.731. The van der Waals surface area contributed by atoms with E-state index >= 15 is 0 Å². The van der Waals surface area contributed by atoms with Crippen molar-refractivity contribution >= 4 is 11.3 Å². The van der Waals surface area contributed by atoms with Crippen LogP contribution in [-0.4, -0.2) is 71.0 Å². The Labute approximate surface area is 137 Å². The first kappa shape index (κ1) is 17.6. The van der Waals surface area contributed by atoms with Gasteiger partial charge < -0.3 is 14.7 Å². The first-order chi connectivity index (χ1) is 10.6. The average Bonchev–Trinajstić information content (AvgIpc) is 2.88. The number of ether oxygens (including phenoxy) is 1. The molecular weight excluding hydrogens is 300 g/mol. The van der Waals surface area contributed by atoms with Crippen LogP contribution < -0.4 is 4.74 Å². The zero-order valence-corrected chi connectivity index (χ0v) is 14.7. The zero-order valence-electron chi connectivity index (χ0n) is 13.9. The number of hydrogen-bond acceptors (Lipinski definition) is 7. The normalized spacial score (nSPS) is 18.8. The van der Waals surface area contributed by atoms with Crippen LogP contribution in [0.25, 0.3) is 0 Å². The summed E-state index contributed by atoms with van der Waals surface area (Å²) in [6.07, 6.45) is 2.19. The van der Waals surface area contributed by atoms with Gasteiger partial charge in [0.25, 0.3) is 5.19 Å². The van der Waals surface area contributed by atoms with E-state index in [1.54, 1.807) is 0 Å². The number of hydrogen-bond donors (Lipinski definition) is 1. The smallest absolute Gasteiger partial charge is 0.294 e. The minimum Gasteiger partial charge on any atom is -0.469 e. The number of likely N-dealkylation sites (tertiary alicyclic amines) is 1. The number of nitrogens with zero attached hydrogens (tertiary/aromatic N) is 4. The van der Waals surface area contributed by atoms with Crippen LogP contribution in [0, 0.1) is 5.92 Å². The van der Waals surface area contributed by atoms with Crippen LogP contribution in [0.5, 0.6) is 5.19 Å². The molecule has 126 valence electrons. The summed E-state index contributed by atoms with van der Waals surface area (Å²) in [6, 6.07) is 0. The van der Waals surface area contributed by atoms with E-state index in [0.29, 0.717) is 11.8 Å². The van der Waals surface area contributed by atoms with Crippen LogP contribution >= 0.6 is 11.3 Å². The van der Waals surface area contributed by atoms with Crippen molar-refractivity contribution < 1.29 is 9.84 Å². The van der Waals surface area contributed by atoms with Crippen LogP contribution in [0.2, 0.25) is 0 Å². The number of aliphatic hydroxyl groups excluding tert-OH is 1. The number of β-amino-alcohol motifs (C(OH)–C–C–N with tert-alkyl or cyclic N) is 1. The Morgan fingerprint density at radius 1 is 1.41 bits per heavy atom. The number of aromatic nitrogens is 2. The molecule has 1 N–H and O–H groups in total. The van der Waals surface area contributed by atoms with Crippen LogP contribution in [0.15, 0.2) is 0 Å². The third kappa shape index (κ3) is 5.79. The topological polar surface area (TPSA) is 61.7 Å². The van der Waals surface area contributed by atoms with Crippen molar-refractivity contribution in [3.63, 3.8) is 0 Å². The van der Waals surface area contributed by atoms with Gasteiger partial charge >= 0.3 is 0 Å². The molecule has 6 nitrogen and oxygen atoms in total. The average molecular weight is 328 g/mol. The fourth-order valence-corrected chi connectivity index (χ4v) is 3.77. The molecule has 1 saturated heterocycles. The molecule has 0 aromatic carbocycles. The van der Waals surface area contributed by atoms with Gasteiger partial charge in [0, 0.05) is 13.1 Å². The molecule has 0 radical (unpaired) electrons. The van der Waals surface area contributed by atoms with Gasteiger partial charge in [0.2, 0.25) is 0 Å². The maximum Gasteiger partial charge on any atom is 0.294 e. The summed E-state index contributed by atoms with van der Waals surface area (Å²) in [5, 5.41) is 19.3. The molecule has 0 unspecified atom stereocenters. The molecule has 2 rings (SSSR count). The van der Waals surface area contributed by atoms with Crippen molar-refractivity contribution in [3.8, 4) is 5.19 Å². The van der Waals surface area contributed by atoms with Crippen molar-refractivity contribution in [2.75, 3.05) is 39.8 Å². The Kier molecular flexibility index (Phi) is 7.01. The number of aliphatic hydroxyl groups is 1. The van der Waals surface area contributed by atoms with Crippen LogP contribution in [0.3, 0.4) is 0 Å². The summed E-state index contributed by atoms with van der Waals surface area (Å²) in [7, 11) is 2.14. The van der Waals surface area contributed by atoms with E-state index in [0.717, 1.165) is 43.6 Å². The molecule has 7 heteroatoms. The molecule has 0 amide bonds. The Morgan fingerprint density at radius 3 is 2.77 bits per heavy atom. The first-order valence-corrected chi connectivity index (χ1v) is 8.92. The highest BCUT2D eigenvalue weighted by atomic mass is 32.1. The summed E-state index contributed by atoms with van der Waals surface area (Å²) in [6.45, 7) is 9.36. The highest BCUT2D eigenvalue weighted by Crippen LogP contribution is 2.21. The molecule has 1 aliphatic rings. The fourth-order valence-electron chi connectivity index (χ4n) is 2.95. The lowest BCUT2D eigenvalue weighted by Gasteiger charge is -2.34.